The molecule has 0 aliphatic carbocycles. The van der Waals surface area contributed by atoms with Crippen molar-refractivity contribution in [2.24, 2.45) is 0 Å². The molecule has 1 atom stereocenters. The zero-order chi connectivity index (χ0) is 11.6. The standard InChI is InChI=1S/C10H13BrO4/c1-10(2,3)15-9(13)5-7-6(11)4-8(12)14-7/h5-6H,4H2,1-3H3/b7-5+. The Labute approximate surface area is 96.7 Å². The number of allylic oxidation sites excluding steroid dienone is 1. The molecule has 1 rings (SSSR count). The summed E-state index contributed by atoms with van der Waals surface area (Å²) in [5.74, 6) is -0.530. The predicted molar refractivity (Wildman–Crippen MR) is 57.4 cm³/mol. The molecule has 0 bridgehead atoms. The summed E-state index contributed by atoms with van der Waals surface area (Å²) in [4.78, 5) is 22.0. The van der Waals surface area contributed by atoms with Gasteiger partial charge in [-0.15, -0.1) is 0 Å². The number of hydrogen-bond donors (Lipinski definition) is 0. The number of alkyl halides is 1. The molecule has 1 unspecified atom stereocenters. The summed E-state index contributed by atoms with van der Waals surface area (Å²) in [6, 6.07) is 0. The Morgan fingerprint density at radius 2 is 2.20 bits per heavy atom. The smallest absolute Gasteiger partial charge is 0.334 e. The van der Waals surface area contributed by atoms with Crippen LogP contribution in [-0.2, 0) is 19.1 Å². The zero-order valence-corrected chi connectivity index (χ0v) is 10.5. The third-order valence-electron chi connectivity index (χ3n) is 1.55. The zero-order valence-electron chi connectivity index (χ0n) is 8.87. The fraction of sp³-hybridized carbons (Fsp3) is 0.600. The summed E-state index contributed by atoms with van der Waals surface area (Å²) >= 11 is 3.23. The second-order valence-corrected chi connectivity index (χ2v) is 5.33. The Morgan fingerprint density at radius 3 is 2.60 bits per heavy atom. The first-order chi connectivity index (χ1) is 6.78. The molecule has 1 aliphatic rings. The number of hydrogen-bond acceptors (Lipinski definition) is 4. The van der Waals surface area contributed by atoms with Gasteiger partial charge in [0, 0.05) is 0 Å². The van der Waals surface area contributed by atoms with Crippen molar-refractivity contribution in [3.05, 3.63) is 11.8 Å². The van der Waals surface area contributed by atoms with Gasteiger partial charge in [-0.05, 0) is 20.8 Å². The van der Waals surface area contributed by atoms with Crippen LogP contribution in [-0.4, -0.2) is 22.4 Å². The number of carbonyl (C=O) groups excluding carboxylic acids is 2. The van der Waals surface area contributed by atoms with E-state index in [0.717, 1.165) is 0 Å². The Kier molecular flexibility index (Phi) is 3.54. The first-order valence-corrected chi connectivity index (χ1v) is 5.49. The van der Waals surface area contributed by atoms with E-state index in [1.165, 1.54) is 6.08 Å². The van der Waals surface area contributed by atoms with Crippen molar-refractivity contribution in [2.75, 3.05) is 0 Å². The van der Waals surface area contributed by atoms with Crippen molar-refractivity contribution in [2.45, 2.75) is 37.6 Å². The molecule has 0 radical (unpaired) electrons. The number of esters is 2. The van der Waals surface area contributed by atoms with E-state index < -0.39 is 11.6 Å². The SMILES string of the molecule is CC(C)(C)OC(=O)/C=C1/OC(=O)CC1Br. The van der Waals surface area contributed by atoms with Gasteiger partial charge in [0.25, 0.3) is 0 Å². The summed E-state index contributed by atoms with van der Waals surface area (Å²) < 4.78 is 9.89. The number of ether oxygens (including phenoxy) is 2. The monoisotopic (exact) mass is 276 g/mol. The second kappa shape index (κ2) is 4.35. The average molecular weight is 277 g/mol. The molecule has 4 nitrogen and oxygen atoms in total. The highest BCUT2D eigenvalue weighted by molar-refractivity contribution is 9.09. The lowest BCUT2D eigenvalue weighted by Crippen LogP contribution is -2.23. The van der Waals surface area contributed by atoms with Gasteiger partial charge in [0.15, 0.2) is 0 Å². The molecule has 0 aromatic heterocycles. The summed E-state index contributed by atoms with van der Waals surface area (Å²) in [7, 11) is 0. The number of cyclic esters (lactones) is 1. The minimum absolute atomic E-state index is 0.225. The lowest BCUT2D eigenvalue weighted by molar-refractivity contribution is -0.148. The largest absolute Gasteiger partial charge is 0.457 e. The Bertz CT molecular complexity index is 314. The van der Waals surface area contributed by atoms with Crippen molar-refractivity contribution in [1.29, 1.82) is 0 Å². The van der Waals surface area contributed by atoms with E-state index in [9.17, 15) is 9.59 Å². The maximum Gasteiger partial charge on any atom is 0.334 e. The Balaban J connectivity index is 2.64. The first kappa shape index (κ1) is 12.2. The van der Waals surface area contributed by atoms with Gasteiger partial charge in [0.2, 0.25) is 0 Å². The van der Waals surface area contributed by atoms with Crippen LogP contribution in [0.25, 0.3) is 0 Å². The lowest BCUT2D eigenvalue weighted by atomic mass is 10.2. The molecule has 84 valence electrons. The van der Waals surface area contributed by atoms with Gasteiger partial charge < -0.3 is 9.47 Å². The molecule has 5 heteroatoms. The van der Waals surface area contributed by atoms with Crippen molar-refractivity contribution in [3.63, 3.8) is 0 Å². The van der Waals surface area contributed by atoms with Crippen LogP contribution >= 0.6 is 15.9 Å². The van der Waals surface area contributed by atoms with Gasteiger partial charge in [0.1, 0.15) is 11.4 Å². The number of carbonyl (C=O) groups is 2. The van der Waals surface area contributed by atoms with Crippen molar-refractivity contribution in [1.82, 2.24) is 0 Å². The molecule has 1 saturated heterocycles. The van der Waals surface area contributed by atoms with Crippen LogP contribution in [0.15, 0.2) is 11.8 Å². The number of rotatable bonds is 1. The second-order valence-electron chi connectivity index (χ2n) is 4.23. The molecule has 1 aliphatic heterocycles. The molecule has 1 fully saturated rings. The molecule has 0 aromatic carbocycles. The highest BCUT2D eigenvalue weighted by Gasteiger charge is 2.29. The van der Waals surface area contributed by atoms with Crippen molar-refractivity contribution < 1.29 is 19.1 Å². The van der Waals surface area contributed by atoms with Crippen LogP contribution in [0.4, 0.5) is 0 Å². The van der Waals surface area contributed by atoms with E-state index in [0.29, 0.717) is 5.76 Å². The molecule has 15 heavy (non-hydrogen) atoms. The molecule has 0 N–H and O–H groups in total. The van der Waals surface area contributed by atoms with E-state index in [1.54, 1.807) is 20.8 Å². The lowest BCUT2D eigenvalue weighted by Gasteiger charge is -2.18. The molecule has 0 amide bonds. The van der Waals surface area contributed by atoms with Crippen molar-refractivity contribution in [3.8, 4) is 0 Å². The summed E-state index contributed by atoms with van der Waals surface area (Å²) in [5.41, 5.74) is -0.543. The normalized spacial score (nSPS) is 24.1. The highest BCUT2D eigenvalue weighted by Crippen LogP contribution is 2.26. The Hall–Kier alpha value is -0.840. The van der Waals surface area contributed by atoms with Crippen molar-refractivity contribution >= 4 is 27.9 Å². The fourth-order valence-electron chi connectivity index (χ4n) is 1.05. The summed E-state index contributed by atoms with van der Waals surface area (Å²) in [6.07, 6.45) is 1.45. The Morgan fingerprint density at radius 1 is 1.60 bits per heavy atom. The molecule has 1 heterocycles. The topological polar surface area (TPSA) is 52.6 Å². The van der Waals surface area contributed by atoms with E-state index in [1.807, 2.05) is 0 Å². The van der Waals surface area contributed by atoms with E-state index in [2.05, 4.69) is 15.9 Å². The quantitative estimate of drug-likeness (QED) is 0.417. The minimum atomic E-state index is -0.543. The average Bonchev–Trinajstić information content (AvgIpc) is 2.25. The molecular weight excluding hydrogens is 264 g/mol. The highest BCUT2D eigenvalue weighted by atomic mass is 79.9. The van der Waals surface area contributed by atoms with Crippen LogP contribution in [0, 0.1) is 0 Å². The maximum absolute atomic E-state index is 11.4. The molecular formula is C10H13BrO4. The van der Waals surface area contributed by atoms with Gasteiger partial charge in [-0.3, -0.25) is 4.79 Å². The first-order valence-electron chi connectivity index (χ1n) is 4.57. The minimum Gasteiger partial charge on any atom is -0.457 e. The van der Waals surface area contributed by atoms with Gasteiger partial charge in [0.05, 0.1) is 17.3 Å². The fourth-order valence-corrected chi connectivity index (χ4v) is 1.54. The van der Waals surface area contributed by atoms with E-state index in [4.69, 9.17) is 9.47 Å². The summed E-state index contributed by atoms with van der Waals surface area (Å²) in [5, 5.41) is 0. The van der Waals surface area contributed by atoms with E-state index >= 15 is 0 Å². The van der Waals surface area contributed by atoms with Gasteiger partial charge in [-0.2, -0.15) is 0 Å². The molecule has 0 spiro atoms. The number of halogens is 1. The van der Waals surface area contributed by atoms with Gasteiger partial charge in [-0.25, -0.2) is 4.79 Å². The van der Waals surface area contributed by atoms with Gasteiger partial charge in [-0.1, -0.05) is 15.9 Å². The maximum atomic E-state index is 11.4. The van der Waals surface area contributed by atoms with Crippen LogP contribution in [0.1, 0.15) is 27.2 Å². The third kappa shape index (κ3) is 4.03. The molecule has 0 aromatic rings. The van der Waals surface area contributed by atoms with E-state index in [-0.39, 0.29) is 17.2 Å². The van der Waals surface area contributed by atoms with Crippen LogP contribution < -0.4 is 0 Å². The van der Waals surface area contributed by atoms with Crippen LogP contribution in [0.5, 0.6) is 0 Å². The summed E-state index contributed by atoms with van der Waals surface area (Å²) in [6.45, 7) is 5.32. The van der Waals surface area contributed by atoms with Crippen LogP contribution in [0.3, 0.4) is 0 Å². The third-order valence-corrected chi connectivity index (χ3v) is 2.33. The van der Waals surface area contributed by atoms with Gasteiger partial charge >= 0.3 is 11.9 Å². The van der Waals surface area contributed by atoms with Crippen LogP contribution in [0.2, 0.25) is 0 Å². The molecule has 0 saturated carbocycles. The predicted octanol–water partition coefficient (Wildman–Crippen LogP) is 1.92.